The van der Waals surface area contributed by atoms with E-state index in [1.165, 1.54) is 38.5 Å². The van der Waals surface area contributed by atoms with Crippen LogP contribution in [0.25, 0.3) is 0 Å². The maximum Gasteiger partial charge on any atom is 0.00609 e. The standard InChI is InChI=1S/C12H25N/c1-4-6-8-12(9-7-5-2)10-11(3)13/h12-13H,4-10H2,1-3H3. The fraction of sp³-hybridized carbons (Fsp3) is 0.917. The molecule has 78 valence electrons. The minimum absolute atomic E-state index is 0.789. The molecule has 0 aliphatic carbocycles. The zero-order valence-corrected chi connectivity index (χ0v) is 9.53. The molecule has 0 spiro atoms. The number of hydrogen-bond acceptors (Lipinski definition) is 1. The second-order valence-electron chi connectivity index (χ2n) is 4.13. The topological polar surface area (TPSA) is 23.9 Å². The molecular formula is C12H25N. The number of hydrogen-bond donors (Lipinski definition) is 1. The summed E-state index contributed by atoms with van der Waals surface area (Å²) in [6.45, 7) is 6.42. The average molecular weight is 183 g/mol. The molecule has 0 unspecified atom stereocenters. The van der Waals surface area contributed by atoms with Crippen molar-refractivity contribution >= 4 is 5.71 Å². The van der Waals surface area contributed by atoms with Crippen molar-refractivity contribution in [1.29, 1.82) is 5.41 Å². The normalized spacial score (nSPS) is 10.8. The van der Waals surface area contributed by atoms with Crippen molar-refractivity contribution in [3.8, 4) is 0 Å². The molecule has 0 amide bonds. The smallest absolute Gasteiger partial charge is 0.00609 e. The van der Waals surface area contributed by atoms with E-state index in [1.807, 2.05) is 6.92 Å². The fourth-order valence-corrected chi connectivity index (χ4v) is 1.77. The molecule has 1 N–H and O–H groups in total. The summed E-state index contributed by atoms with van der Waals surface area (Å²) >= 11 is 0. The van der Waals surface area contributed by atoms with Crippen LogP contribution in [0.2, 0.25) is 0 Å². The van der Waals surface area contributed by atoms with E-state index < -0.39 is 0 Å². The lowest BCUT2D eigenvalue weighted by molar-refractivity contribution is 0.431. The molecule has 0 heterocycles. The van der Waals surface area contributed by atoms with Gasteiger partial charge in [0.1, 0.15) is 0 Å². The molecule has 0 saturated heterocycles. The first-order valence-corrected chi connectivity index (χ1v) is 5.74. The minimum Gasteiger partial charge on any atom is -0.310 e. The first-order valence-electron chi connectivity index (χ1n) is 5.74. The minimum atomic E-state index is 0.789. The fourth-order valence-electron chi connectivity index (χ4n) is 1.77. The molecule has 0 aliphatic rings. The van der Waals surface area contributed by atoms with Gasteiger partial charge in [-0.15, -0.1) is 0 Å². The lowest BCUT2D eigenvalue weighted by atomic mass is 9.91. The van der Waals surface area contributed by atoms with E-state index in [0.717, 1.165) is 18.1 Å². The molecule has 1 heteroatoms. The Labute approximate surface area is 83.4 Å². The molecule has 0 bridgehead atoms. The van der Waals surface area contributed by atoms with Crippen molar-refractivity contribution in [3.05, 3.63) is 0 Å². The van der Waals surface area contributed by atoms with Crippen molar-refractivity contribution < 1.29 is 0 Å². The monoisotopic (exact) mass is 183 g/mol. The molecule has 0 fully saturated rings. The summed E-state index contributed by atoms with van der Waals surface area (Å²) in [4.78, 5) is 0. The van der Waals surface area contributed by atoms with Gasteiger partial charge in [0.05, 0.1) is 0 Å². The van der Waals surface area contributed by atoms with Gasteiger partial charge in [-0.1, -0.05) is 52.4 Å². The molecule has 1 nitrogen and oxygen atoms in total. The highest BCUT2D eigenvalue weighted by Crippen LogP contribution is 2.19. The molecule has 0 aromatic carbocycles. The first kappa shape index (κ1) is 12.7. The molecule has 0 atom stereocenters. The van der Waals surface area contributed by atoms with E-state index in [1.54, 1.807) is 0 Å². The zero-order valence-electron chi connectivity index (χ0n) is 9.53. The number of nitrogens with one attached hydrogen (secondary N) is 1. The van der Waals surface area contributed by atoms with Crippen molar-refractivity contribution in [1.82, 2.24) is 0 Å². The maximum atomic E-state index is 7.50. The SMILES string of the molecule is CCCCC(CCCC)CC(C)=N. The molecule has 0 rings (SSSR count). The highest BCUT2D eigenvalue weighted by molar-refractivity contribution is 5.78. The van der Waals surface area contributed by atoms with Crippen molar-refractivity contribution in [2.75, 3.05) is 0 Å². The van der Waals surface area contributed by atoms with Gasteiger partial charge >= 0.3 is 0 Å². The summed E-state index contributed by atoms with van der Waals surface area (Å²) in [5, 5.41) is 7.50. The third-order valence-electron chi connectivity index (χ3n) is 2.53. The second kappa shape index (κ2) is 8.28. The first-order chi connectivity index (χ1) is 6.20. The summed E-state index contributed by atoms with van der Waals surface area (Å²) in [6.07, 6.45) is 8.93. The van der Waals surface area contributed by atoms with Crippen LogP contribution in [0.1, 0.15) is 65.7 Å². The number of unbranched alkanes of at least 4 members (excludes halogenated alkanes) is 2. The van der Waals surface area contributed by atoms with Crippen LogP contribution >= 0.6 is 0 Å². The largest absolute Gasteiger partial charge is 0.310 e. The summed E-state index contributed by atoms with van der Waals surface area (Å²) in [5.74, 6) is 0.789. The lowest BCUT2D eigenvalue weighted by Gasteiger charge is -2.15. The van der Waals surface area contributed by atoms with Gasteiger partial charge in [-0.2, -0.15) is 0 Å². The summed E-state index contributed by atoms with van der Waals surface area (Å²) in [5.41, 5.74) is 0.859. The highest BCUT2D eigenvalue weighted by atomic mass is 14.4. The summed E-state index contributed by atoms with van der Waals surface area (Å²) < 4.78 is 0. The van der Waals surface area contributed by atoms with Crippen LogP contribution in [0.5, 0.6) is 0 Å². The van der Waals surface area contributed by atoms with Gasteiger partial charge in [0, 0.05) is 5.71 Å². The Kier molecular flexibility index (Phi) is 8.07. The van der Waals surface area contributed by atoms with Crippen LogP contribution in [0.4, 0.5) is 0 Å². The van der Waals surface area contributed by atoms with Gasteiger partial charge < -0.3 is 5.41 Å². The Hall–Kier alpha value is -0.330. The van der Waals surface area contributed by atoms with E-state index in [0.29, 0.717) is 0 Å². The zero-order chi connectivity index (χ0) is 10.1. The highest BCUT2D eigenvalue weighted by Gasteiger charge is 2.08. The Morgan fingerprint density at radius 1 is 1.08 bits per heavy atom. The van der Waals surface area contributed by atoms with Gasteiger partial charge in [0.25, 0.3) is 0 Å². The lowest BCUT2D eigenvalue weighted by Crippen LogP contribution is -2.05. The van der Waals surface area contributed by atoms with Crippen LogP contribution in [0, 0.1) is 11.3 Å². The molecule has 0 aromatic heterocycles. The van der Waals surface area contributed by atoms with Crippen LogP contribution in [0.3, 0.4) is 0 Å². The van der Waals surface area contributed by atoms with Crippen molar-refractivity contribution in [2.45, 2.75) is 65.7 Å². The maximum absolute atomic E-state index is 7.50. The third-order valence-corrected chi connectivity index (χ3v) is 2.53. The molecule has 0 aromatic rings. The van der Waals surface area contributed by atoms with Gasteiger partial charge in [-0.05, 0) is 19.3 Å². The average Bonchev–Trinajstić information content (AvgIpc) is 2.09. The van der Waals surface area contributed by atoms with E-state index in [4.69, 9.17) is 5.41 Å². The van der Waals surface area contributed by atoms with Gasteiger partial charge in [0.15, 0.2) is 0 Å². The van der Waals surface area contributed by atoms with Crippen LogP contribution < -0.4 is 0 Å². The Balaban J connectivity index is 3.66. The van der Waals surface area contributed by atoms with Crippen LogP contribution in [0.15, 0.2) is 0 Å². The van der Waals surface area contributed by atoms with E-state index in [2.05, 4.69) is 13.8 Å². The Morgan fingerprint density at radius 3 is 1.85 bits per heavy atom. The Morgan fingerprint density at radius 2 is 1.54 bits per heavy atom. The van der Waals surface area contributed by atoms with Gasteiger partial charge in [0.2, 0.25) is 0 Å². The quantitative estimate of drug-likeness (QED) is 0.539. The predicted octanol–water partition coefficient (Wildman–Crippen LogP) is 4.41. The van der Waals surface area contributed by atoms with E-state index in [9.17, 15) is 0 Å². The number of rotatable bonds is 8. The van der Waals surface area contributed by atoms with Gasteiger partial charge in [-0.25, -0.2) is 0 Å². The summed E-state index contributed by atoms with van der Waals surface area (Å²) in [7, 11) is 0. The van der Waals surface area contributed by atoms with Crippen molar-refractivity contribution in [3.63, 3.8) is 0 Å². The van der Waals surface area contributed by atoms with Crippen LogP contribution in [-0.4, -0.2) is 5.71 Å². The molecule has 0 aliphatic heterocycles. The third kappa shape index (κ3) is 8.01. The van der Waals surface area contributed by atoms with E-state index >= 15 is 0 Å². The predicted molar refractivity (Wildman–Crippen MR) is 60.6 cm³/mol. The molecule has 13 heavy (non-hydrogen) atoms. The van der Waals surface area contributed by atoms with Gasteiger partial charge in [-0.3, -0.25) is 0 Å². The Bertz CT molecular complexity index is 121. The summed E-state index contributed by atoms with van der Waals surface area (Å²) in [6, 6.07) is 0. The van der Waals surface area contributed by atoms with E-state index in [-0.39, 0.29) is 0 Å². The second-order valence-corrected chi connectivity index (χ2v) is 4.13. The molecule has 0 radical (unpaired) electrons. The molecular weight excluding hydrogens is 158 g/mol. The van der Waals surface area contributed by atoms with Crippen LogP contribution in [-0.2, 0) is 0 Å². The molecule has 0 saturated carbocycles. The van der Waals surface area contributed by atoms with Crippen molar-refractivity contribution in [2.24, 2.45) is 5.92 Å².